The Labute approximate surface area is 147 Å². The van der Waals surface area contributed by atoms with Gasteiger partial charge in [0, 0.05) is 32.4 Å². The van der Waals surface area contributed by atoms with Gasteiger partial charge in [-0.3, -0.25) is 4.79 Å². The zero-order chi connectivity index (χ0) is 17.3. The van der Waals surface area contributed by atoms with Crippen molar-refractivity contribution in [1.29, 1.82) is 0 Å². The largest absolute Gasteiger partial charge is 0.408 e. The lowest BCUT2D eigenvalue weighted by Crippen LogP contribution is -2.46. The topological polar surface area (TPSA) is 89.7 Å². The molecular formula is C17H26N4O4. The number of carbonyl (C=O) groups is 1. The molecule has 3 fully saturated rings. The lowest BCUT2D eigenvalue weighted by Gasteiger charge is -2.31. The predicted octanol–water partition coefficient (Wildman–Crippen LogP) is 1.22. The third-order valence-electron chi connectivity index (χ3n) is 5.22. The van der Waals surface area contributed by atoms with E-state index in [0.717, 1.165) is 6.42 Å². The molecule has 8 nitrogen and oxygen atoms in total. The Bertz CT molecular complexity index is 618. The van der Waals surface area contributed by atoms with Crippen molar-refractivity contribution in [3.05, 3.63) is 5.89 Å². The molecule has 0 aromatic carbocycles. The summed E-state index contributed by atoms with van der Waals surface area (Å²) in [6, 6.07) is 0.441. The second-order valence-electron chi connectivity index (χ2n) is 7.59. The lowest BCUT2D eigenvalue weighted by molar-refractivity contribution is -0.134. The van der Waals surface area contributed by atoms with Gasteiger partial charge in [-0.05, 0) is 25.2 Å². The van der Waals surface area contributed by atoms with Crippen LogP contribution in [0.3, 0.4) is 0 Å². The van der Waals surface area contributed by atoms with E-state index in [-0.39, 0.29) is 11.5 Å². The monoisotopic (exact) mass is 350 g/mol. The number of hydrogen-bond donors (Lipinski definition) is 1. The van der Waals surface area contributed by atoms with Crippen LogP contribution in [-0.4, -0.2) is 66.1 Å². The molecule has 138 valence electrons. The fraction of sp³-hybridized carbons (Fsp3) is 0.824. The highest BCUT2D eigenvalue weighted by molar-refractivity contribution is 5.76. The molecule has 1 saturated carbocycles. The van der Waals surface area contributed by atoms with Crippen molar-refractivity contribution in [3.8, 4) is 0 Å². The third-order valence-corrected chi connectivity index (χ3v) is 5.22. The minimum atomic E-state index is -0.382. The smallest absolute Gasteiger partial charge is 0.315 e. The number of amides is 1. The Morgan fingerprint density at radius 2 is 2.24 bits per heavy atom. The van der Waals surface area contributed by atoms with Crippen LogP contribution in [-0.2, 0) is 14.3 Å². The second-order valence-corrected chi connectivity index (χ2v) is 7.59. The van der Waals surface area contributed by atoms with E-state index in [4.69, 9.17) is 13.9 Å². The molecule has 1 aromatic heterocycles. The van der Waals surface area contributed by atoms with Gasteiger partial charge in [0.1, 0.15) is 5.60 Å². The van der Waals surface area contributed by atoms with E-state index in [9.17, 15) is 4.79 Å². The number of aryl methyl sites for hydroxylation is 1. The van der Waals surface area contributed by atoms with Crippen LogP contribution in [0, 0.1) is 18.8 Å². The van der Waals surface area contributed by atoms with Gasteiger partial charge in [0.2, 0.25) is 11.8 Å². The summed E-state index contributed by atoms with van der Waals surface area (Å²) in [4.78, 5) is 14.5. The molecule has 1 amide bonds. The van der Waals surface area contributed by atoms with Gasteiger partial charge < -0.3 is 24.1 Å². The van der Waals surface area contributed by atoms with Crippen molar-refractivity contribution in [2.45, 2.75) is 38.2 Å². The molecule has 1 aromatic rings. The van der Waals surface area contributed by atoms with Gasteiger partial charge >= 0.3 is 6.01 Å². The zero-order valence-corrected chi connectivity index (χ0v) is 14.7. The Kier molecular flexibility index (Phi) is 4.64. The van der Waals surface area contributed by atoms with Crippen molar-refractivity contribution in [2.75, 3.05) is 44.8 Å². The van der Waals surface area contributed by atoms with Crippen molar-refractivity contribution in [1.82, 2.24) is 15.1 Å². The average molecular weight is 350 g/mol. The van der Waals surface area contributed by atoms with Crippen LogP contribution in [0.5, 0.6) is 0 Å². The first kappa shape index (κ1) is 16.8. The Morgan fingerprint density at radius 1 is 1.36 bits per heavy atom. The van der Waals surface area contributed by atoms with E-state index >= 15 is 0 Å². The molecular weight excluding hydrogens is 324 g/mol. The number of aromatic nitrogens is 2. The standard InChI is InChI=1S/C17H26N4O4/c1-12-19-20-16(25-12)18-8-14-7-17(24-9-14)10-21(4-5-23-11-17)15(22)6-13-2-3-13/h13-14H,2-11H2,1H3,(H,18,20)/t14-,17-/m1/s1. The van der Waals surface area contributed by atoms with Crippen LogP contribution < -0.4 is 5.32 Å². The number of nitrogens with zero attached hydrogens (tertiary/aromatic N) is 3. The highest BCUT2D eigenvalue weighted by atomic mass is 16.5. The minimum Gasteiger partial charge on any atom is -0.408 e. The molecule has 2 saturated heterocycles. The molecule has 2 atom stereocenters. The Hall–Kier alpha value is -1.67. The first-order valence-corrected chi connectivity index (χ1v) is 9.15. The first-order valence-electron chi connectivity index (χ1n) is 9.15. The molecule has 1 N–H and O–H groups in total. The van der Waals surface area contributed by atoms with E-state index in [0.29, 0.717) is 69.6 Å². The fourth-order valence-electron chi connectivity index (χ4n) is 3.70. The van der Waals surface area contributed by atoms with Crippen molar-refractivity contribution in [2.24, 2.45) is 11.8 Å². The maximum absolute atomic E-state index is 12.5. The Balaban J connectivity index is 1.33. The maximum atomic E-state index is 12.5. The number of ether oxygens (including phenoxy) is 2. The molecule has 0 radical (unpaired) electrons. The van der Waals surface area contributed by atoms with Crippen molar-refractivity contribution in [3.63, 3.8) is 0 Å². The molecule has 25 heavy (non-hydrogen) atoms. The van der Waals surface area contributed by atoms with E-state index in [1.165, 1.54) is 12.8 Å². The normalized spacial score (nSPS) is 29.8. The predicted molar refractivity (Wildman–Crippen MR) is 89.1 cm³/mol. The van der Waals surface area contributed by atoms with Crippen molar-refractivity contribution >= 4 is 11.9 Å². The molecule has 3 heterocycles. The lowest BCUT2D eigenvalue weighted by atomic mass is 9.94. The van der Waals surface area contributed by atoms with Crippen LogP contribution in [0.1, 0.15) is 31.6 Å². The van der Waals surface area contributed by atoms with E-state index < -0.39 is 0 Å². The maximum Gasteiger partial charge on any atom is 0.315 e. The number of anilines is 1. The van der Waals surface area contributed by atoms with Crippen LogP contribution in [0.4, 0.5) is 6.01 Å². The summed E-state index contributed by atoms with van der Waals surface area (Å²) >= 11 is 0. The highest BCUT2D eigenvalue weighted by Crippen LogP contribution is 2.35. The number of rotatable bonds is 5. The molecule has 3 aliphatic rings. The van der Waals surface area contributed by atoms with Gasteiger partial charge in [0.05, 0.1) is 26.4 Å². The molecule has 1 spiro atoms. The van der Waals surface area contributed by atoms with Crippen LogP contribution >= 0.6 is 0 Å². The number of hydrogen-bond acceptors (Lipinski definition) is 7. The summed E-state index contributed by atoms with van der Waals surface area (Å²) in [5.74, 6) is 1.73. The van der Waals surface area contributed by atoms with Gasteiger partial charge in [0.25, 0.3) is 0 Å². The first-order chi connectivity index (χ1) is 12.1. The summed E-state index contributed by atoms with van der Waals surface area (Å²) < 4.78 is 17.3. The van der Waals surface area contributed by atoms with E-state index in [2.05, 4.69) is 15.5 Å². The SMILES string of the molecule is Cc1nnc(NC[C@@H]2CO[C@]3(COCCN(C(=O)CC4CC4)C3)C2)o1. The zero-order valence-electron chi connectivity index (χ0n) is 14.7. The molecule has 0 unspecified atom stereocenters. The molecule has 4 rings (SSSR count). The van der Waals surface area contributed by atoms with Gasteiger partial charge in [-0.15, -0.1) is 5.10 Å². The Morgan fingerprint density at radius 3 is 3.00 bits per heavy atom. The second kappa shape index (κ2) is 6.92. The summed E-state index contributed by atoms with van der Waals surface area (Å²) in [5.41, 5.74) is -0.382. The van der Waals surface area contributed by atoms with E-state index in [1.54, 1.807) is 6.92 Å². The third kappa shape index (κ3) is 4.12. The van der Waals surface area contributed by atoms with E-state index in [1.807, 2.05) is 4.90 Å². The molecule has 1 aliphatic carbocycles. The van der Waals surface area contributed by atoms with Gasteiger partial charge in [0.15, 0.2) is 0 Å². The fourth-order valence-corrected chi connectivity index (χ4v) is 3.70. The van der Waals surface area contributed by atoms with Crippen LogP contribution in [0.2, 0.25) is 0 Å². The van der Waals surface area contributed by atoms with Crippen molar-refractivity contribution < 1.29 is 18.7 Å². The number of carbonyl (C=O) groups excluding carboxylic acids is 1. The van der Waals surface area contributed by atoms with Gasteiger partial charge in [-0.2, -0.15) is 0 Å². The summed E-state index contributed by atoms with van der Waals surface area (Å²) in [7, 11) is 0. The summed E-state index contributed by atoms with van der Waals surface area (Å²) in [6.07, 6.45) is 3.93. The summed E-state index contributed by atoms with van der Waals surface area (Å²) in [6.45, 7) is 5.56. The summed E-state index contributed by atoms with van der Waals surface area (Å²) in [5, 5.41) is 10.9. The highest BCUT2D eigenvalue weighted by Gasteiger charge is 2.44. The molecule has 2 aliphatic heterocycles. The van der Waals surface area contributed by atoms with Gasteiger partial charge in [-0.1, -0.05) is 5.10 Å². The average Bonchev–Trinajstić information content (AvgIpc) is 3.22. The molecule has 0 bridgehead atoms. The number of nitrogens with one attached hydrogen (secondary N) is 1. The quantitative estimate of drug-likeness (QED) is 0.854. The minimum absolute atomic E-state index is 0.249. The van der Waals surface area contributed by atoms with Crippen LogP contribution in [0.25, 0.3) is 0 Å². The van der Waals surface area contributed by atoms with Crippen LogP contribution in [0.15, 0.2) is 4.42 Å². The van der Waals surface area contributed by atoms with Gasteiger partial charge in [-0.25, -0.2) is 0 Å². The molecule has 8 heteroatoms.